The molecule has 124 valence electrons. The number of nitro groups is 1. The Labute approximate surface area is 136 Å². The van der Waals surface area contributed by atoms with Crippen molar-refractivity contribution in [3.8, 4) is 0 Å². The first-order valence-electron chi connectivity index (χ1n) is 8.31. The Morgan fingerprint density at radius 1 is 1.30 bits per heavy atom. The molecule has 6 heteroatoms. The van der Waals surface area contributed by atoms with Crippen LogP contribution in [-0.2, 0) is 11.2 Å². The van der Waals surface area contributed by atoms with E-state index in [0.29, 0.717) is 12.6 Å². The number of likely N-dealkylation sites (tertiary alicyclic amines) is 1. The van der Waals surface area contributed by atoms with Crippen molar-refractivity contribution in [2.45, 2.75) is 51.6 Å². The summed E-state index contributed by atoms with van der Waals surface area (Å²) in [6.07, 6.45) is 4.09. The number of anilines is 1. The first-order chi connectivity index (χ1) is 11.0. The summed E-state index contributed by atoms with van der Waals surface area (Å²) >= 11 is 0. The van der Waals surface area contributed by atoms with Gasteiger partial charge in [0.05, 0.1) is 11.5 Å². The minimum absolute atomic E-state index is 0.119. The Hall–Kier alpha value is -2.11. The first kappa shape index (κ1) is 15.8. The highest BCUT2D eigenvalue weighted by molar-refractivity contribution is 5.83. The number of hydrogen-bond donors (Lipinski definition) is 0. The lowest BCUT2D eigenvalue weighted by molar-refractivity contribution is -0.384. The van der Waals surface area contributed by atoms with E-state index in [1.807, 2.05) is 4.90 Å². The molecule has 2 aliphatic heterocycles. The smallest absolute Gasteiger partial charge is 0.269 e. The van der Waals surface area contributed by atoms with Gasteiger partial charge < -0.3 is 9.80 Å². The van der Waals surface area contributed by atoms with Crippen LogP contribution in [0.1, 0.15) is 38.7 Å². The summed E-state index contributed by atoms with van der Waals surface area (Å²) in [6.45, 7) is 5.38. The number of nitrogens with zero attached hydrogens (tertiary/aromatic N) is 3. The largest absolute Gasteiger partial charge is 0.359 e. The third-order valence-corrected chi connectivity index (χ3v) is 5.06. The van der Waals surface area contributed by atoms with Crippen LogP contribution in [0.3, 0.4) is 0 Å². The standard InChI is InChI=1S/C17H23N3O3/c1-12-5-3-4-8-18(12)17(21)11-19-13(2)9-14-10-15(20(22)23)6-7-16(14)19/h6-7,10,12-13H,3-5,8-9,11H2,1-2H3. The Morgan fingerprint density at radius 2 is 2.09 bits per heavy atom. The molecule has 0 saturated carbocycles. The van der Waals surface area contributed by atoms with Crippen LogP contribution >= 0.6 is 0 Å². The molecule has 0 radical (unpaired) electrons. The van der Waals surface area contributed by atoms with Crippen LogP contribution in [0.5, 0.6) is 0 Å². The SMILES string of the molecule is CC1CCCCN1C(=O)CN1c2ccc([N+](=O)[O-])cc2CC1C. The summed E-state index contributed by atoms with van der Waals surface area (Å²) < 4.78 is 0. The van der Waals surface area contributed by atoms with Crippen molar-refractivity contribution in [2.75, 3.05) is 18.0 Å². The van der Waals surface area contributed by atoms with Gasteiger partial charge in [0, 0.05) is 36.4 Å². The summed E-state index contributed by atoms with van der Waals surface area (Å²) in [6, 6.07) is 5.45. The molecule has 2 heterocycles. The Kier molecular flexibility index (Phi) is 4.24. The highest BCUT2D eigenvalue weighted by atomic mass is 16.6. The van der Waals surface area contributed by atoms with Gasteiger partial charge in [0.25, 0.3) is 5.69 Å². The lowest BCUT2D eigenvalue weighted by atomic mass is 10.0. The van der Waals surface area contributed by atoms with E-state index in [0.717, 1.165) is 37.1 Å². The maximum absolute atomic E-state index is 12.7. The summed E-state index contributed by atoms with van der Waals surface area (Å²) in [7, 11) is 0. The topological polar surface area (TPSA) is 66.7 Å². The number of non-ortho nitro benzene ring substituents is 1. The van der Waals surface area contributed by atoms with Gasteiger partial charge in [-0.25, -0.2) is 0 Å². The van der Waals surface area contributed by atoms with Gasteiger partial charge in [-0.2, -0.15) is 0 Å². The third-order valence-electron chi connectivity index (χ3n) is 5.06. The molecular weight excluding hydrogens is 294 g/mol. The molecule has 0 N–H and O–H groups in total. The predicted molar refractivity (Wildman–Crippen MR) is 88.6 cm³/mol. The molecule has 0 bridgehead atoms. The van der Waals surface area contributed by atoms with Gasteiger partial charge in [0.1, 0.15) is 0 Å². The average Bonchev–Trinajstić information content (AvgIpc) is 2.82. The summed E-state index contributed by atoms with van der Waals surface area (Å²) in [5, 5.41) is 10.9. The van der Waals surface area contributed by atoms with Gasteiger partial charge in [-0.15, -0.1) is 0 Å². The third kappa shape index (κ3) is 3.02. The number of rotatable bonds is 3. The molecule has 3 rings (SSSR count). The number of fused-ring (bicyclic) bond motifs is 1. The van der Waals surface area contributed by atoms with Gasteiger partial charge in [0.15, 0.2) is 0 Å². The summed E-state index contributed by atoms with van der Waals surface area (Å²) in [5.41, 5.74) is 2.04. The number of benzene rings is 1. The van der Waals surface area contributed by atoms with Crippen LogP contribution in [0, 0.1) is 10.1 Å². The molecule has 0 spiro atoms. The molecule has 1 saturated heterocycles. The van der Waals surface area contributed by atoms with Gasteiger partial charge in [-0.3, -0.25) is 14.9 Å². The Morgan fingerprint density at radius 3 is 2.78 bits per heavy atom. The quantitative estimate of drug-likeness (QED) is 0.635. The molecule has 1 aromatic rings. The van der Waals surface area contributed by atoms with Crippen molar-refractivity contribution in [2.24, 2.45) is 0 Å². The highest BCUT2D eigenvalue weighted by Gasteiger charge is 2.31. The van der Waals surface area contributed by atoms with E-state index in [2.05, 4.69) is 18.7 Å². The van der Waals surface area contributed by atoms with E-state index in [4.69, 9.17) is 0 Å². The van der Waals surface area contributed by atoms with Crippen molar-refractivity contribution < 1.29 is 9.72 Å². The predicted octanol–water partition coefficient (Wildman–Crippen LogP) is 2.75. The van der Waals surface area contributed by atoms with Crippen LogP contribution in [-0.4, -0.2) is 40.9 Å². The number of carbonyl (C=O) groups is 1. The zero-order valence-corrected chi connectivity index (χ0v) is 13.7. The van der Waals surface area contributed by atoms with Gasteiger partial charge in [-0.05, 0) is 51.2 Å². The molecule has 2 aliphatic rings. The molecule has 23 heavy (non-hydrogen) atoms. The number of amides is 1. The minimum Gasteiger partial charge on any atom is -0.359 e. The lowest BCUT2D eigenvalue weighted by Crippen LogP contribution is -2.48. The molecule has 0 aromatic heterocycles. The van der Waals surface area contributed by atoms with E-state index in [1.165, 1.54) is 12.5 Å². The van der Waals surface area contributed by atoms with E-state index in [-0.39, 0.29) is 22.6 Å². The fraction of sp³-hybridized carbons (Fsp3) is 0.588. The van der Waals surface area contributed by atoms with Crippen LogP contribution in [0.4, 0.5) is 11.4 Å². The van der Waals surface area contributed by atoms with Crippen molar-refractivity contribution in [3.05, 3.63) is 33.9 Å². The number of nitro benzene ring substituents is 1. The molecule has 2 unspecified atom stereocenters. The zero-order valence-electron chi connectivity index (χ0n) is 13.7. The summed E-state index contributed by atoms with van der Waals surface area (Å²) in [4.78, 5) is 27.3. The molecule has 1 amide bonds. The van der Waals surface area contributed by atoms with Gasteiger partial charge in [0.2, 0.25) is 5.91 Å². The van der Waals surface area contributed by atoms with E-state index in [9.17, 15) is 14.9 Å². The molecule has 6 nitrogen and oxygen atoms in total. The normalized spacial score (nSPS) is 23.7. The lowest BCUT2D eigenvalue weighted by Gasteiger charge is -2.35. The second-order valence-electron chi connectivity index (χ2n) is 6.68. The van der Waals surface area contributed by atoms with Gasteiger partial charge in [-0.1, -0.05) is 0 Å². The van der Waals surface area contributed by atoms with Crippen molar-refractivity contribution in [1.82, 2.24) is 4.90 Å². The number of piperidine rings is 1. The fourth-order valence-electron chi connectivity index (χ4n) is 3.74. The molecule has 0 aliphatic carbocycles. The Balaban J connectivity index is 1.76. The van der Waals surface area contributed by atoms with Crippen LogP contribution in [0.15, 0.2) is 18.2 Å². The van der Waals surface area contributed by atoms with Crippen molar-refractivity contribution in [3.63, 3.8) is 0 Å². The number of hydrogen-bond acceptors (Lipinski definition) is 4. The maximum Gasteiger partial charge on any atom is 0.269 e. The molecule has 1 fully saturated rings. The second-order valence-corrected chi connectivity index (χ2v) is 6.68. The number of carbonyl (C=O) groups excluding carboxylic acids is 1. The molecule has 1 aromatic carbocycles. The van der Waals surface area contributed by atoms with E-state index >= 15 is 0 Å². The van der Waals surface area contributed by atoms with Gasteiger partial charge >= 0.3 is 0 Å². The minimum atomic E-state index is -0.367. The Bertz CT molecular complexity index is 632. The average molecular weight is 317 g/mol. The van der Waals surface area contributed by atoms with Crippen molar-refractivity contribution >= 4 is 17.3 Å². The van der Waals surface area contributed by atoms with Crippen LogP contribution in [0.25, 0.3) is 0 Å². The van der Waals surface area contributed by atoms with Crippen LogP contribution in [0.2, 0.25) is 0 Å². The zero-order chi connectivity index (χ0) is 16.6. The van der Waals surface area contributed by atoms with Crippen molar-refractivity contribution in [1.29, 1.82) is 0 Å². The van der Waals surface area contributed by atoms with Crippen LogP contribution < -0.4 is 4.90 Å². The summed E-state index contributed by atoms with van der Waals surface area (Å²) in [5.74, 6) is 0.162. The molecule has 2 atom stereocenters. The van der Waals surface area contributed by atoms with E-state index < -0.39 is 0 Å². The second kappa shape index (κ2) is 6.18. The molecular formula is C17H23N3O3. The fourth-order valence-corrected chi connectivity index (χ4v) is 3.74. The highest BCUT2D eigenvalue weighted by Crippen LogP contribution is 2.34. The maximum atomic E-state index is 12.7. The first-order valence-corrected chi connectivity index (χ1v) is 8.31. The monoisotopic (exact) mass is 317 g/mol. The van der Waals surface area contributed by atoms with E-state index in [1.54, 1.807) is 12.1 Å².